The molecule has 0 unspecified atom stereocenters. The number of morpholine rings is 1. The van der Waals surface area contributed by atoms with E-state index in [-0.39, 0.29) is 24.5 Å². The zero-order valence-corrected chi connectivity index (χ0v) is 13.3. The number of nitrogens with one attached hydrogen (secondary N) is 1. The monoisotopic (exact) mass is 371 g/mol. The fourth-order valence-electron chi connectivity index (χ4n) is 2.32. The Kier molecular flexibility index (Phi) is 4.98. The molecule has 1 N–H and O–H groups in total. The Labute approximate surface area is 145 Å². The van der Waals surface area contributed by atoms with Crippen LogP contribution in [0.15, 0.2) is 24.7 Å². The van der Waals surface area contributed by atoms with Gasteiger partial charge in [-0.15, -0.1) is 0 Å². The third kappa shape index (κ3) is 4.04. The summed E-state index contributed by atoms with van der Waals surface area (Å²) in [4.78, 5) is 24.2. The Morgan fingerprint density at radius 3 is 2.58 bits per heavy atom. The lowest BCUT2D eigenvalue weighted by Gasteiger charge is -2.27. The zero-order valence-electron chi connectivity index (χ0n) is 13.3. The van der Waals surface area contributed by atoms with Crippen LogP contribution in [0.3, 0.4) is 0 Å². The zero-order chi connectivity index (χ0) is 18.7. The molecule has 7 nitrogen and oxygen atoms in total. The van der Waals surface area contributed by atoms with E-state index in [1.54, 1.807) is 0 Å². The van der Waals surface area contributed by atoms with Crippen LogP contribution in [0, 0.1) is 5.82 Å². The summed E-state index contributed by atoms with van der Waals surface area (Å²) in [6, 6.07) is 0.261. The molecule has 26 heavy (non-hydrogen) atoms. The van der Waals surface area contributed by atoms with Crippen LogP contribution in [0.2, 0.25) is 0 Å². The minimum Gasteiger partial charge on any atom is -0.378 e. The lowest BCUT2D eigenvalue weighted by Crippen LogP contribution is -2.43. The quantitative estimate of drug-likeness (QED) is 0.821. The largest absolute Gasteiger partial charge is 0.435 e. The van der Waals surface area contributed by atoms with Gasteiger partial charge in [0.15, 0.2) is 11.5 Å². The van der Waals surface area contributed by atoms with Crippen LogP contribution >= 0.6 is 0 Å². The van der Waals surface area contributed by atoms with Crippen LogP contribution in [-0.2, 0) is 10.9 Å². The van der Waals surface area contributed by atoms with E-state index in [9.17, 15) is 22.4 Å². The summed E-state index contributed by atoms with van der Waals surface area (Å²) in [6.07, 6.45) is -1.95. The highest BCUT2D eigenvalue weighted by atomic mass is 19.4. The summed E-state index contributed by atoms with van der Waals surface area (Å²) in [5, 5.41) is 2.17. The van der Waals surface area contributed by atoms with E-state index in [1.165, 1.54) is 4.90 Å². The average Bonchev–Trinajstić information content (AvgIpc) is 2.62. The van der Waals surface area contributed by atoms with E-state index < -0.39 is 29.4 Å². The summed E-state index contributed by atoms with van der Waals surface area (Å²) >= 11 is 0. The summed E-state index contributed by atoms with van der Waals surface area (Å²) < 4.78 is 58.4. The van der Waals surface area contributed by atoms with Crippen LogP contribution in [0.25, 0.3) is 11.4 Å². The molecule has 11 heteroatoms. The molecular weight excluding hydrogens is 358 g/mol. The molecule has 2 amide bonds. The highest BCUT2D eigenvalue weighted by molar-refractivity contribution is 5.90. The first-order valence-corrected chi connectivity index (χ1v) is 7.53. The Hall–Kier alpha value is -2.82. The summed E-state index contributed by atoms with van der Waals surface area (Å²) in [6.45, 7) is 1.14. The summed E-state index contributed by atoms with van der Waals surface area (Å²) in [5.41, 5.74) is -1.92. The molecule has 1 aliphatic heterocycles. The van der Waals surface area contributed by atoms with Crippen molar-refractivity contribution in [2.45, 2.75) is 6.18 Å². The standard InChI is InChI=1S/C15H13F4N5O2/c16-10-5-9(6-20-7-10)13-21-8-11(12(23-13)15(17,18)19)22-14(25)24-1-3-26-4-2-24/h5-8H,1-4H2,(H,22,25). The number of halogens is 4. The van der Waals surface area contributed by atoms with E-state index in [0.29, 0.717) is 13.2 Å². The molecule has 0 saturated carbocycles. The SMILES string of the molecule is O=C(Nc1cnc(-c2cncc(F)c2)nc1C(F)(F)F)N1CCOCC1. The van der Waals surface area contributed by atoms with Gasteiger partial charge in [0.1, 0.15) is 5.82 Å². The van der Waals surface area contributed by atoms with Gasteiger partial charge < -0.3 is 15.0 Å². The number of urea groups is 1. The third-order valence-corrected chi connectivity index (χ3v) is 3.56. The van der Waals surface area contributed by atoms with Gasteiger partial charge in [0.2, 0.25) is 0 Å². The van der Waals surface area contributed by atoms with Crippen molar-refractivity contribution in [3.8, 4) is 11.4 Å². The van der Waals surface area contributed by atoms with E-state index in [1.807, 2.05) is 0 Å². The number of rotatable bonds is 2. The average molecular weight is 371 g/mol. The maximum Gasteiger partial charge on any atom is 0.435 e. The van der Waals surface area contributed by atoms with E-state index in [4.69, 9.17) is 4.74 Å². The first-order valence-electron chi connectivity index (χ1n) is 7.53. The van der Waals surface area contributed by atoms with Crippen LogP contribution in [-0.4, -0.2) is 52.2 Å². The lowest BCUT2D eigenvalue weighted by molar-refractivity contribution is -0.140. The molecule has 0 atom stereocenters. The molecule has 1 aliphatic rings. The maximum absolute atomic E-state index is 13.4. The predicted molar refractivity (Wildman–Crippen MR) is 81.6 cm³/mol. The molecule has 138 valence electrons. The fraction of sp³-hybridized carbons (Fsp3) is 0.333. The van der Waals surface area contributed by atoms with Crippen molar-refractivity contribution < 1.29 is 27.1 Å². The number of nitrogens with zero attached hydrogens (tertiary/aromatic N) is 4. The van der Waals surface area contributed by atoms with Crippen LogP contribution in [0.1, 0.15) is 5.69 Å². The van der Waals surface area contributed by atoms with E-state index >= 15 is 0 Å². The van der Waals surface area contributed by atoms with E-state index in [0.717, 1.165) is 24.7 Å². The summed E-state index contributed by atoms with van der Waals surface area (Å²) in [7, 11) is 0. The second-order valence-corrected chi connectivity index (χ2v) is 5.38. The second-order valence-electron chi connectivity index (χ2n) is 5.38. The normalized spacial score (nSPS) is 15.0. The van der Waals surface area contributed by atoms with Gasteiger partial charge in [0.25, 0.3) is 0 Å². The third-order valence-electron chi connectivity index (χ3n) is 3.56. The number of carbonyl (C=O) groups is 1. The maximum atomic E-state index is 13.4. The van der Waals surface area contributed by atoms with Crippen molar-refractivity contribution in [1.29, 1.82) is 0 Å². The van der Waals surface area contributed by atoms with Crippen LogP contribution < -0.4 is 5.32 Å². The minimum absolute atomic E-state index is 0.0124. The number of alkyl halides is 3. The lowest BCUT2D eigenvalue weighted by atomic mass is 10.2. The smallest absolute Gasteiger partial charge is 0.378 e. The van der Waals surface area contributed by atoms with Crippen molar-refractivity contribution in [2.24, 2.45) is 0 Å². The Bertz CT molecular complexity index is 809. The number of carbonyl (C=O) groups excluding carboxylic acids is 1. The number of hydrogen-bond acceptors (Lipinski definition) is 5. The van der Waals surface area contributed by atoms with Gasteiger partial charge in [-0.25, -0.2) is 19.2 Å². The predicted octanol–water partition coefficient (Wildman–Crippen LogP) is 2.56. The molecule has 3 rings (SSSR count). The number of aromatic nitrogens is 3. The van der Waals surface area contributed by atoms with Gasteiger partial charge in [-0.3, -0.25) is 4.98 Å². The molecule has 0 spiro atoms. The van der Waals surface area contributed by atoms with Crippen molar-refractivity contribution in [1.82, 2.24) is 19.9 Å². The molecule has 0 bridgehead atoms. The molecule has 2 aromatic rings. The number of hydrogen-bond donors (Lipinski definition) is 1. The van der Waals surface area contributed by atoms with Gasteiger partial charge in [-0.2, -0.15) is 13.2 Å². The summed E-state index contributed by atoms with van der Waals surface area (Å²) in [5.74, 6) is -1.09. The van der Waals surface area contributed by atoms with Gasteiger partial charge >= 0.3 is 12.2 Å². The molecule has 0 aliphatic carbocycles. The molecule has 2 aromatic heterocycles. The highest BCUT2D eigenvalue weighted by Crippen LogP contribution is 2.34. The van der Waals surface area contributed by atoms with E-state index in [2.05, 4.69) is 20.3 Å². The number of amides is 2. The number of ether oxygens (including phenoxy) is 1. The van der Waals surface area contributed by atoms with Gasteiger partial charge in [-0.1, -0.05) is 0 Å². The minimum atomic E-state index is -4.84. The Morgan fingerprint density at radius 1 is 1.19 bits per heavy atom. The van der Waals surface area contributed by atoms with Crippen molar-refractivity contribution in [2.75, 3.05) is 31.6 Å². The first kappa shape index (κ1) is 18.0. The molecule has 1 fully saturated rings. The highest BCUT2D eigenvalue weighted by Gasteiger charge is 2.37. The molecule has 0 aromatic carbocycles. The van der Waals surface area contributed by atoms with Crippen LogP contribution in [0.5, 0.6) is 0 Å². The van der Waals surface area contributed by atoms with Gasteiger partial charge in [0.05, 0.1) is 31.3 Å². The van der Waals surface area contributed by atoms with Crippen molar-refractivity contribution >= 4 is 11.7 Å². The first-order chi connectivity index (χ1) is 12.3. The molecule has 3 heterocycles. The second kappa shape index (κ2) is 7.20. The van der Waals surface area contributed by atoms with Crippen molar-refractivity contribution in [3.05, 3.63) is 36.2 Å². The molecule has 0 radical (unpaired) electrons. The van der Waals surface area contributed by atoms with Crippen molar-refractivity contribution in [3.63, 3.8) is 0 Å². The van der Waals surface area contributed by atoms with Crippen LogP contribution in [0.4, 0.5) is 28.0 Å². The Morgan fingerprint density at radius 2 is 1.92 bits per heavy atom. The fourth-order valence-corrected chi connectivity index (χ4v) is 2.32. The van der Waals surface area contributed by atoms with Gasteiger partial charge in [-0.05, 0) is 6.07 Å². The molecular formula is C15H13F4N5O2. The number of anilines is 1. The Balaban J connectivity index is 1.91. The molecule has 1 saturated heterocycles. The topological polar surface area (TPSA) is 80.2 Å². The number of pyridine rings is 1. The van der Waals surface area contributed by atoms with Gasteiger partial charge in [0, 0.05) is 24.8 Å².